The highest BCUT2D eigenvalue weighted by Gasteiger charge is 2.25. The van der Waals surface area contributed by atoms with Crippen molar-refractivity contribution < 1.29 is 9.21 Å². The molecule has 6 heteroatoms. The molecule has 2 fully saturated rings. The van der Waals surface area contributed by atoms with Gasteiger partial charge in [0.2, 0.25) is 5.91 Å². The molecular weight excluding hydrogens is 328 g/mol. The van der Waals surface area contributed by atoms with Crippen LogP contribution in [0.4, 0.5) is 5.82 Å². The smallest absolute Gasteiger partial charge is 0.222 e. The minimum Gasteiger partial charge on any atom is -0.463 e. The van der Waals surface area contributed by atoms with Crippen LogP contribution in [0.15, 0.2) is 34.9 Å². The average Bonchev–Trinajstić information content (AvgIpc) is 3.24. The maximum absolute atomic E-state index is 12.6. The highest BCUT2D eigenvalue weighted by molar-refractivity contribution is 5.76. The summed E-state index contributed by atoms with van der Waals surface area (Å²) in [4.78, 5) is 16.8. The van der Waals surface area contributed by atoms with Crippen LogP contribution >= 0.6 is 0 Å². The first kappa shape index (κ1) is 17.1. The Labute approximate surface area is 154 Å². The second-order valence-electron chi connectivity index (χ2n) is 7.33. The molecule has 0 bridgehead atoms. The number of furan rings is 1. The van der Waals surface area contributed by atoms with Crippen LogP contribution in [0.1, 0.15) is 38.5 Å². The lowest BCUT2D eigenvalue weighted by atomic mass is 9.86. The number of carbonyl (C=O) groups excluding carboxylic acids is 1. The fourth-order valence-corrected chi connectivity index (χ4v) is 4.00. The van der Waals surface area contributed by atoms with E-state index in [1.54, 1.807) is 6.26 Å². The van der Waals surface area contributed by atoms with Crippen LogP contribution in [0, 0.1) is 5.92 Å². The largest absolute Gasteiger partial charge is 0.463 e. The van der Waals surface area contributed by atoms with E-state index in [0.29, 0.717) is 11.8 Å². The van der Waals surface area contributed by atoms with Crippen molar-refractivity contribution in [3.8, 4) is 11.5 Å². The van der Waals surface area contributed by atoms with Crippen molar-refractivity contribution in [1.29, 1.82) is 0 Å². The predicted molar refractivity (Wildman–Crippen MR) is 99.7 cm³/mol. The molecule has 0 unspecified atom stereocenters. The summed E-state index contributed by atoms with van der Waals surface area (Å²) < 4.78 is 5.35. The molecule has 0 spiro atoms. The summed E-state index contributed by atoms with van der Waals surface area (Å²) in [6.07, 6.45) is 8.73. The van der Waals surface area contributed by atoms with E-state index in [2.05, 4.69) is 15.1 Å². The first-order valence-electron chi connectivity index (χ1n) is 9.70. The normalized spacial score (nSPS) is 18.9. The average molecular weight is 354 g/mol. The van der Waals surface area contributed by atoms with E-state index in [1.807, 2.05) is 29.2 Å². The lowest BCUT2D eigenvalue weighted by Crippen LogP contribution is -2.49. The van der Waals surface area contributed by atoms with E-state index < -0.39 is 0 Å². The third-order valence-corrected chi connectivity index (χ3v) is 5.57. The van der Waals surface area contributed by atoms with E-state index in [4.69, 9.17) is 4.42 Å². The number of hydrogen-bond acceptors (Lipinski definition) is 5. The van der Waals surface area contributed by atoms with Crippen LogP contribution in [-0.4, -0.2) is 47.2 Å². The molecule has 2 aliphatic rings. The lowest BCUT2D eigenvalue weighted by Gasteiger charge is -2.36. The van der Waals surface area contributed by atoms with Gasteiger partial charge in [-0.15, -0.1) is 10.2 Å². The third-order valence-electron chi connectivity index (χ3n) is 5.57. The molecular formula is C20H26N4O2. The van der Waals surface area contributed by atoms with E-state index >= 15 is 0 Å². The van der Waals surface area contributed by atoms with Crippen LogP contribution in [0.5, 0.6) is 0 Å². The van der Waals surface area contributed by atoms with Crippen LogP contribution < -0.4 is 4.90 Å². The fourth-order valence-electron chi connectivity index (χ4n) is 4.00. The van der Waals surface area contributed by atoms with Crippen molar-refractivity contribution in [3.05, 3.63) is 30.5 Å². The second-order valence-corrected chi connectivity index (χ2v) is 7.33. The van der Waals surface area contributed by atoms with Gasteiger partial charge in [0.05, 0.1) is 6.26 Å². The molecule has 1 aliphatic carbocycles. The van der Waals surface area contributed by atoms with E-state index in [9.17, 15) is 4.79 Å². The van der Waals surface area contributed by atoms with Crippen molar-refractivity contribution in [2.24, 2.45) is 5.92 Å². The molecule has 0 radical (unpaired) electrons. The van der Waals surface area contributed by atoms with Gasteiger partial charge in [-0.2, -0.15) is 0 Å². The van der Waals surface area contributed by atoms with Crippen LogP contribution in [0.3, 0.4) is 0 Å². The summed E-state index contributed by atoms with van der Waals surface area (Å²) in [6.45, 7) is 3.16. The van der Waals surface area contributed by atoms with Gasteiger partial charge in [0, 0.05) is 32.6 Å². The van der Waals surface area contributed by atoms with E-state index in [-0.39, 0.29) is 0 Å². The Bertz CT molecular complexity index is 700. The predicted octanol–water partition coefficient (Wildman–Crippen LogP) is 3.36. The number of amides is 1. The maximum Gasteiger partial charge on any atom is 0.222 e. The van der Waals surface area contributed by atoms with Gasteiger partial charge in [0.25, 0.3) is 0 Å². The Hall–Kier alpha value is -2.37. The molecule has 1 aliphatic heterocycles. The highest BCUT2D eigenvalue weighted by atomic mass is 16.3. The van der Waals surface area contributed by atoms with Gasteiger partial charge in [-0.3, -0.25) is 4.79 Å². The number of rotatable bonds is 4. The first-order valence-corrected chi connectivity index (χ1v) is 9.70. The van der Waals surface area contributed by atoms with Crippen molar-refractivity contribution in [2.75, 3.05) is 31.1 Å². The molecule has 1 saturated heterocycles. The number of anilines is 1. The van der Waals surface area contributed by atoms with Gasteiger partial charge in [0.1, 0.15) is 5.69 Å². The van der Waals surface area contributed by atoms with Gasteiger partial charge < -0.3 is 14.2 Å². The Balaban J connectivity index is 1.29. The van der Waals surface area contributed by atoms with Gasteiger partial charge >= 0.3 is 0 Å². The molecule has 0 N–H and O–H groups in total. The minimum atomic E-state index is 0.329. The van der Waals surface area contributed by atoms with Gasteiger partial charge in [-0.25, -0.2) is 0 Å². The number of aromatic nitrogens is 2. The Morgan fingerprint density at radius 1 is 1.04 bits per heavy atom. The van der Waals surface area contributed by atoms with Crippen molar-refractivity contribution in [1.82, 2.24) is 15.1 Å². The Morgan fingerprint density at radius 2 is 1.85 bits per heavy atom. The van der Waals surface area contributed by atoms with Crippen molar-refractivity contribution in [3.63, 3.8) is 0 Å². The van der Waals surface area contributed by atoms with Crippen LogP contribution in [0.2, 0.25) is 0 Å². The summed E-state index contributed by atoms with van der Waals surface area (Å²) in [5.74, 6) is 2.52. The SMILES string of the molecule is O=C(CC1CCCCC1)N1CCN(c2ccc(-c3ccco3)nn2)CC1. The van der Waals surface area contributed by atoms with E-state index in [1.165, 1.54) is 32.1 Å². The van der Waals surface area contributed by atoms with Gasteiger partial charge in [0.15, 0.2) is 11.6 Å². The molecule has 6 nitrogen and oxygen atoms in total. The number of piperazine rings is 1. The molecule has 4 rings (SSSR count). The van der Waals surface area contributed by atoms with Gasteiger partial charge in [-0.05, 0) is 43.0 Å². The first-order chi connectivity index (χ1) is 12.8. The summed E-state index contributed by atoms with van der Waals surface area (Å²) in [5.41, 5.74) is 0.736. The van der Waals surface area contributed by atoms with Crippen LogP contribution in [0.25, 0.3) is 11.5 Å². The third kappa shape index (κ3) is 3.89. The number of nitrogens with zero attached hydrogens (tertiary/aromatic N) is 4. The topological polar surface area (TPSA) is 62.5 Å². The zero-order valence-electron chi connectivity index (χ0n) is 15.1. The molecule has 2 aromatic rings. The number of hydrogen-bond donors (Lipinski definition) is 0. The monoisotopic (exact) mass is 354 g/mol. The van der Waals surface area contributed by atoms with Crippen molar-refractivity contribution >= 4 is 11.7 Å². The zero-order valence-corrected chi connectivity index (χ0v) is 15.1. The summed E-state index contributed by atoms with van der Waals surface area (Å²) in [6, 6.07) is 7.63. The van der Waals surface area contributed by atoms with Crippen LogP contribution in [-0.2, 0) is 4.79 Å². The van der Waals surface area contributed by atoms with E-state index in [0.717, 1.165) is 49.9 Å². The second kappa shape index (κ2) is 7.89. The Kier molecular flexibility index (Phi) is 5.18. The lowest BCUT2D eigenvalue weighted by molar-refractivity contribution is -0.132. The molecule has 0 aromatic carbocycles. The Morgan fingerprint density at radius 3 is 2.50 bits per heavy atom. The summed E-state index contributed by atoms with van der Waals surface area (Å²) in [5, 5.41) is 8.60. The van der Waals surface area contributed by atoms with Crippen molar-refractivity contribution in [2.45, 2.75) is 38.5 Å². The standard InChI is InChI=1S/C20H26N4O2/c25-20(15-16-5-2-1-3-6-16)24-12-10-23(11-13-24)19-9-8-17(21-22-19)18-7-4-14-26-18/h4,7-9,14,16H,1-3,5-6,10-13,15H2. The fraction of sp³-hybridized carbons (Fsp3) is 0.550. The molecule has 1 amide bonds. The molecule has 2 aromatic heterocycles. The minimum absolute atomic E-state index is 0.329. The van der Waals surface area contributed by atoms with Gasteiger partial charge in [-0.1, -0.05) is 19.3 Å². The molecule has 0 atom stereocenters. The maximum atomic E-state index is 12.6. The molecule has 3 heterocycles. The zero-order chi connectivity index (χ0) is 17.8. The quantitative estimate of drug-likeness (QED) is 0.842. The summed E-state index contributed by atoms with van der Waals surface area (Å²) >= 11 is 0. The molecule has 26 heavy (non-hydrogen) atoms. The molecule has 138 valence electrons. The number of carbonyl (C=O) groups is 1. The highest BCUT2D eigenvalue weighted by Crippen LogP contribution is 2.27. The summed E-state index contributed by atoms with van der Waals surface area (Å²) in [7, 11) is 0. The molecule has 1 saturated carbocycles.